The maximum Gasteiger partial charge on any atom is 0.256 e. The van der Waals surface area contributed by atoms with Crippen molar-refractivity contribution in [2.24, 2.45) is 0 Å². The highest BCUT2D eigenvalue weighted by Crippen LogP contribution is 2.23. The maximum atomic E-state index is 13.0. The zero-order valence-corrected chi connectivity index (χ0v) is 15.0. The Bertz CT molecular complexity index is 720. The molecule has 1 aliphatic heterocycles. The van der Waals surface area contributed by atoms with Crippen LogP contribution in [0.1, 0.15) is 23.0 Å². The van der Waals surface area contributed by atoms with Crippen molar-refractivity contribution in [3.05, 3.63) is 35.5 Å². The second-order valence-electron chi connectivity index (χ2n) is 6.58. The molecule has 0 radical (unpaired) electrons. The molecule has 1 fully saturated rings. The number of para-hydroxylation sites is 1. The van der Waals surface area contributed by atoms with Crippen molar-refractivity contribution in [3.8, 4) is 0 Å². The molecule has 6 nitrogen and oxygen atoms in total. The Morgan fingerprint density at radius 1 is 1.28 bits per heavy atom. The fourth-order valence-corrected chi connectivity index (χ4v) is 3.45. The molecule has 6 heteroatoms. The predicted octanol–water partition coefficient (Wildman–Crippen LogP) is 1.63. The fourth-order valence-electron chi connectivity index (χ4n) is 3.45. The van der Waals surface area contributed by atoms with E-state index in [9.17, 15) is 9.90 Å². The molecule has 2 aromatic rings. The normalized spacial score (nSPS) is 17.2. The molecular weight excluding hydrogens is 318 g/mol. The molecule has 3 rings (SSSR count). The number of rotatable bonds is 6. The second-order valence-corrected chi connectivity index (χ2v) is 6.58. The number of nitrogens with one attached hydrogen (secondary N) is 1. The number of H-pyrrole nitrogens is 1. The number of hydrogen-bond donors (Lipinski definition) is 2. The molecular formula is C19H27N3O3. The van der Waals surface area contributed by atoms with Crippen LogP contribution in [0.3, 0.4) is 0 Å². The van der Waals surface area contributed by atoms with Crippen LogP contribution in [0, 0.1) is 6.92 Å². The van der Waals surface area contributed by atoms with Gasteiger partial charge in [0.2, 0.25) is 0 Å². The number of hydrogen-bond acceptors (Lipinski definition) is 4. The van der Waals surface area contributed by atoms with Crippen molar-refractivity contribution in [2.45, 2.75) is 20.0 Å². The van der Waals surface area contributed by atoms with Crippen LogP contribution in [0.4, 0.5) is 0 Å². The lowest BCUT2D eigenvalue weighted by Gasteiger charge is -2.35. The third kappa shape index (κ3) is 4.03. The van der Waals surface area contributed by atoms with Crippen LogP contribution in [-0.4, -0.2) is 77.8 Å². The number of aliphatic hydroxyl groups is 1. The number of fused-ring (bicyclic) bond motifs is 1. The lowest BCUT2D eigenvalue weighted by Crippen LogP contribution is -2.50. The Kier molecular flexibility index (Phi) is 5.73. The molecule has 0 aliphatic carbocycles. The van der Waals surface area contributed by atoms with Crippen molar-refractivity contribution in [3.63, 3.8) is 0 Å². The van der Waals surface area contributed by atoms with Gasteiger partial charge in [-0.15, -0.1) is 0 Å². The average molecular weight is 345 g/mol. The van der Waals surface area contributed by atoms with Gasteiger partial charge in [0.05, 0.1) is 18.3 Å². The summed E-state index contributed by atoms with van der Waals surface area (Å²) in [5, 5.41) is 10.9. The van der Waals surface area contributed by atoms with E-state index in [1.165, 1.54) is 0 Å². The SMILES string of the molecule is CCOCC(O)CN1CCN(C(=O)c2c(C)[nH]c3ccccc23)CC1. The third-order valence-electron chi connectivity index (χ3n) is 4.75. The van der Waals surface area contributed by atoms with Crippen molar-refractivity contribution >= 4 is 16.8 Å². The van der Waals surface area contributed by atoms with Crippen molar-refractivity contribution < 1.29 is 14.6 Å². The number of carbonyl (C=O) groups excluding carboxylic acids is 1. The summed E-state index contributed by atoms with van der Waals surface area (Å²) < 4.78 is 5.25. The largest absolute Gasteiger partial charge is 0.389 e. The first-order chi connectivity index (χ1) is 12.1. The summed E-state index contributed by atoms with van der Waals surface area (Å²) >= 11 is 0. The minimum absolute atomic E-state index is 0.0875. The number of nitrogens with zero attached hydrogens (tertiary/aromatic N) is 2. The number of β-amino-alcohol motifs (C(OH)–C–C–N with tert-alkyl or cyclic N) is 1. The van der Waals surface area contributed by atoms with Gasteiger partial charge in [0.1, 0.15) is 0 Å². The van der Waals surface area contributed by atoms with Crippen molar-refractivity contribution in [2.75, 3.05) is 45.9 Å². The number of benzene rings is 1. The molecule has 0 bridgehead atoms. The third-order valence-corrected chi connectivity index (χ3v) is 4.75. The van der Waals surface area contributed by atoms with Crippen LogP contribution >= 0.6 is 0 Å². The topological polar surface area (TPSA) is 68.8 Å². The lowest BCUT2D eigenvalue weighted by atomic mass is 10.1. The first-order valence-electron chi connectivity index (χ1n) is 8.95. The molecule has 0 spiro atoms. The van der Waals surface area contributed by atoms with E-state index >= 15 is 0 Å². The minimum atomic E-state index is -0.474. The van der Waals surface area contributed by atoms with Crippen LogP contribution < -0.4 is 0 Å². The zero-order chi connectivity index (χ0) is 17.8. The highest BCUT2D eigenvalue weighted by atomic mass is 16.5. The molecule has 1 saturated heterocycles. The molecule has 1 atom stereocenters. The van der Waals surface area contributed by atoms with Gasteiger partial charge >= 0.3 is 0 Å². The van der Waals surface area contributed by atoms with Gasteiger partial charge in [-0.2, -0.15) is 0 Å². The summed E-state index contributed by atoms with van der Waals surface area (Å²) in [5.41, 5.74) is 2.70. The molecule has 2 heterocycles. The van der Waals surface area contributed by atoms with E-state index < -0.39 is 6.10 Å². The molecule has 25 heavy (non-hydrogen) atoms. The van der Waals surface area contributed by atoms with Crippen LogP contribution in [-0.2, 0) is 4.74 Å². The van der Waals surface area contributed by atoms with E-state index in [4.69, 9.17) is 4.74 Å². The van der Waals surface area contributed by atoms with Gasteiger partial charge in [-0.1, -0.05) is 18.2 Å². The highest BCUT2D eigenvalue weighted by Gasteiger charge is 2.26. The maximum absolute atomic E-state index is 13.0. The Morgan fingerprint density at radius 3 is 2.72 bits per heavy atom. The number of aliphatic hydroxyl groups excluding tert-OH is 1. The summed E-state index contributed by atoms with van der Waals surface area (Å²) in [7, 11) is 0. The van der Waals surface area contributed by atoms with Crippen LogP contribution in [0.25, 0.3) is 10.9 Å². The van der Waals surface area contributed by atoms with Gasteiger partial charge in [-0.3, -0.25) is 9.69 Å². The highest BCUT2D eigenvalue weighted by molar-refractivity contribution is 6.08. The van der Waals surface area contributed by atoms with Crippen LogP contribution in [0.15, 0.2) is 24.3 Å². The van der Waals surface area contributed by atoms with E-state index in [1.54, 1.807) is 0 Å². The Morgan fingerprint density at radius 2 is 2.00 bits per heavy atom. The van der Waals surface area contributed by atoms with E-state index in [2.05, 4.69) is 9.88 Å². The Balaban J connectivity index is 1.61. The Labute approximate surface area is 148 Å². The molecule has 1 aromatic heterocycles. The number of amides is 1. The minimum Gasteiger partial charge on any atom is -0.389 e. The standard InChI is InChI=1S/C19H27N3O3/c1-3-25-13-15(23)12-21-8-10-22(11-9-21)19(24)18-14(2)20-17-7-5-4-6-16(17)18/h4-7,15,20,23H,3,8-13H2,1-2H3. The molecule has 136 valence electrons. The van der Waals surface area contributed by atoms with E-state index in [1.807, 2.05) is 43.0 Å². The molecule has 2 N–H and O–H groups in total. The molecule has 1 unspecified atom stereocenters. The smallest absolute Gasteiger partial charge is 0.256 e. The number of aryl methyl sites for hydroxylation is 1. The molecule has 1 amide bonds. The molecule has 0 saturated carbocycles. The van der Waals surface area contributed by atoms with Gasteiger partial charge in [-0.25, -0.2) is 0 Å². The molecule has 1 aliphatic rings. The summed E-state index contributed by atoms with van der Waals surface area (Å²) in [4.78, 5) is 20.4. The number of aromatic nitrogens is 1. The molecule has 1 aromatic carbocycles. The summed E-state index contributed by atoms with van der Waals surface area (Å²) in [6.07, 6.45) is -0.474. The van der Waals surface area contributed by atoms with Crippen LogP contribution in [0.5, 0.6) is 0 Å². The van der Waals surface area contributed by atoms with Gasteiger partial charge in [0, 0.05) is 55.9 Å². The quantitative estimate of drug-likeness (QED) is 0.835. The van der Waals surface area contributed by atoms with E-state index in [-0.39, 0.29) is 5.91 Å². The predicted molar refractivity (Wildman–Crippen MR) is 97.9 cm³/mol. The first kappa shape index (κ1) is 17.9. The second kappa shape index (κ2) is 7.99. The Hall–Kier alpha value is -1.89. The number of aromatic amines is 1. The van der Waals surface area contributed by atoms with E-state index in [0.29, 0.717) is 32.8 Å². The van der Waals surface area contributed by atoms with Gasteiger partial charge in [0.15, 0.2) is 0 Å². The number of ether oxygens (including phenoxy) is 1. The summed E-state index contributed by atoms with van der Waals surface area (Å²) in [5.74, 6) is 0.0875. The van der Waals surface area contributed by atoms with Crippen molar-refractivity contribution in [1.82, 2.24) is 14.8 Å². The van der Waals surface area contributed by atoms with Crippen molar-refractivity contribution in [1.29, 1.82) is 0 Å². The van der Waals surface area contributed by atoms with Gasteiger partial charge < -0.3 is 19.7 Å². The van der Waals surface area contributed by atoms with Gasteiger partial charge in [0.25, 0.3) is 5.91 Å². The monoisotopic (exact) mass is 345 g/mol. The summed E-state index contributed by atoms with van der Waals surface area (Å²) in [6.45, 7) is 8.35. The zero-order valence-electron chi connectivity index (χ0n) is 15.0. The van der Waals surface area contributed by atoms with Gasteiger partial charge in [-0.05, 0) is 19.9 Å². The summed E-state index contributed by atoms with van der Waals surface area (Å²) in [6, 6.07) is 7.92. The average Bonchev–Trinajstić information content (AvgIpc) is 2.95. The number of carbonyl (C=O) groups is 1. The first-order valence-corrected chi connectivity index (χ1v) is 8.95. The van der Waals surface area contributed by atoms with Crippen LogP contribution in [0.2, 0.25) is 0 Å². The fraction of sp³-hybridized carbons (Fsp3) is 0.526. The van der Waals surface area contributed by atoms with E-state index in [0.717, 1.165) is 35.2 Å². The number of piperazine rings is 1. The lowest BCUT2D eigenvalue weighted by molar-refractivity contribution is 0.0111.